The molecule has 3 amide bonds. The number of fused-ring (bicyclic) bond motifs is 1. The molecule has 3 aliphatic carbocycles. The van der Waals surface area contributed by atoms with Crippen molar-refractivity contribution in [2.45, 2.75) is 45.1 Å². The van der Waals surface area contributed by atoms with Gasteiger partial charge < -0.3 is 24.2 Å². The molecule has 1 atom stereocenters. The lowest BCUT2D eigenvalue weighted by Crippen LogP contribution is -2.69. The first-order chi connectivity index (χ1) is 12.9. The normalized spacial score (nSPS) is 33.9. The largest absolute Gasteiger partial charge is 0.469 e. The van der Waals surface area contributed by atoms with Gasteiger partial charge in [-0.15, -0.1) is 0 Å². The molecule has 0 radical (unpaired) electrons. The summed E-state index contributed by atoms with van der Waals surface area (Å²) < 4.78 is 10.2. The second-order valence-electron chi connectivity index (χ2n) is 8.73. The number of unbranched alkanes of at least 4 members (excludes halogenated alkanes) is 1. The van der Waals surface area contributed by atoms with Gasteiger partial charge >= 0.3 is 18.1 Å². The molecule has 5 aliphatic rings. The van der Waals surface area contributed by atoms with Crippen LogP contribution in [0.3, 0.4) is 0 Å². The van der Waals surface area contributed by atoms with Crippen LogP contribution in [0.5, 0.6) is 0 Å². The van der Waals surface area contributed by atoms with Gasteiger partial charge in [0.15, 0.2) is 0 Å². The average molecular weight is 379 g/mol. The maximum atomic E-state index is 12.8. The second-order valence-corrected chi connectivity index (χ2v) is 8.73. The molecule has 2 bridgehead atoms. The summed E-state index contributed by atoms with van der Waals surface area (Å²) in [7, 11) is 1.44. The van der Waals surface area contributed by atoms with E-state index in [1.165, 1.54) is 7.11 Å². The zero-order chi connectivity index (χ0) is 19.2. The van der Waals surface area contributed by atoms with Gasteiger partial charge in [-0.1, -0.05) is 13.3 Å². The van der Waals surface area contributed by atoms with Crippen LogP contribution < -0.4 is 0 Å². The summed E-state index contributed by atoms with van der Waals surface area (Å²) in [5, 5.41) is 0. The quantitative estimate of drug-likeness (QED) is 0.518. The van der Waals surface area contributed by atoms with Crippen molar-refractivity contribution in [2.24, 2.45) is 10.8 Å². The van der Waals surface area contributed by atoms with Crippen LogP contribution in [0.15, 0.2) is 0 Å². The van der Waals surface area contributed by atoms with Crippen LogP contribution in [0.4, 0.5) is 9.59 Å². The summed E-state index contributed by atoms with van der Waals surface area (Å²) in [5.74, 6) is -0.105. The Kier molecular flexibility index (Phi) is 4.47. The predicted molar refractivity (Wildman–Crippen MR) is 96.0 cm³/mol. The summed E-state index contributed by atoms with van der Waals surface area (Å²) in [6, 6.07) is 0.0998. The van der Waals surface area contributed by atoms with E-state index in [0.29, 0.717) is 39.3 Å². The molecule has 0 aromatic heterocycles. The van der Waals surface area contributed by atoms with Gasteiger partial charge in [-0.05, 0) is 31.1 Å². The first-order valence-corrected chi connectivity index (χ1v) is 9.98. The van der Waals surface area contributed by atoms with E-state index < -0.39 is 0 Å². The van der Waals surface area contributed by atoms with E-state index in [-0.39, 0.29) is 35.0 Å². The van der Waals surface area contributed by atoms with E-state index in [0.717, 1.165) is 32.1 Å². The summed E-state index contributed by atoms with van der Waals surface area (Å²) in [4.78, 5) is 42.3. The van der Waals surface area contributed by atoms with Crippen LogP contribution in [-0.2, 0) is 14.3 Å². The first kappa shape index (κ1) is 18.4. The third-order valence-corrected chi connectivity index (χ3v) is 6.70. The van der Waals surface area contributed by atoms with Gasteiger partial charge in [-0.3, -0.25) is 4.79 Å². The van der Waals surface area contributed by atoms with Crippen LogP contribution in [0.1, 0.15) is 39.0 Å². The van der Waals surface area contributed by atoms with Gasteiger partial charge in [0.25, 0.3) is 0 Å². The molecule has 0 spiro atoms. The summed E-state index contributed by atoms with van der Waals surface area (Å²) in [6.07, 6.45) is 4.08. The molecular formula is C19H29N3O5. The van der Waals surface area contributed by atoms with Crippen LogP contribution in [0.2, 0.25) is 0 Å². The van der Waals surface area contributed by atoms with Crippen LogP contribution in [0.25, 0.3) is 0 Å². The molecule has 150 valence electrons. The Hall–Kier alpha value is -1.99. The highest BCUT2D eigenvalue weighted by Gasteiger charge is 2.72. The fourth-order valence-electron chi connectivity index (χ4n) is 5.47. The SMILES string of the molecule is CCCCOC(=O)N1CCN2C(=O)N(CC34CC(C(=O)OC)(C3)C4)C[C@@H]2C1. The highest BCUT2D eigenvalue weighted by Crippen LogP contribution is 2.73. The molecular weight excluding hydrogens is 350 g/mol. The number of carbonyl (C=O) groups excluding carboxylic acids is 3. The van der Waals surface area contributed by atoms with Crippen LogP contribution in [-0.4, -0.2) is 85.3 Å². The molecule has 3 saturated carbocycles. The van der Waals surface area contributed by atoms with Crippen LogP contribution >= 0.6 is 0 Å². The van der Waals surface area contributed by atoms with E-state index in [9.17, 15) is 14.4 Å². The molecule has 0 N–H and O–H groups in total. The number of ether oxygens (including phenoxy) is 2. The van der Waals surface area contributed by atoms with Gasteiger partial charge in [-0.25, -0.2) is 9.59 Å². The second kappa shape index (κ2) is 6.56. The van der Waals surface area contributed by atoms with Crippen molar-refractivity contribution in [3.05, 3.63) is 0 Å². The van der Waals surface area contributed by atoms with E-state index in [4.69, 9.17) is 9.47 Å². The molecule has 2 saturated heterocycles. The van der Waals surface area contributed by atoms with Crippen molar-refractivity contribution in [3.8, 4) is 0 Å². The minimum atomic E-state index is -0.274. The topological polar surface area (TPSA) is 79.4 Å². The number of hydrogen-bond donors (Lipinski definition) is 0. The number of hydrogen-bond acceptors (Lipinski definition) is 5. The number of esters is 1. The van der Waals surface area contributed by atoms with E-state index in [1.54, 1.807) is 4.90 Å². The fourth-order valence-corrected chi connectivity index (χ4v) is 5.47. The van der Waals surface area contributed by atoms with Gasteiger partial charge in [0.2, 0.25) is 0 Å². The standard InChI is InChI=1S/C19H29N3O5/c1-3-4-7-27-17(25)20-5-6-22-14(8-20)9-21(16(22)24)13-18-10-19(11-18,12-18)15(23)26-2/h14H,3-13H2,1-2H3/t14-,18?,19?/m0/s1. The molecule has 2 aliphatic heterocycles. The average Bonchev–Trinajstić information content (AvgIpc) is 2.91. The third kappa shape index (κ3) is 2.93. The molecule has 0 aromatic rings. The molecule has 0 unspecified atom stereocenters. The van der Waals surface area contributed by atoms with E-state index in [1.807, 2.05) is 9.80 Å². The monoisotopic (exact) mass is 379 g/mol. The Bertz CT molecular complexity index is 631. The molecule has 5 rings (SSSR count). The number of methoxy groups -OCH3 is 1. The van der Waals surface area contributed by atoms with E-state index >= 15 is 0 Å². The van der Waals surface area contributed by atoms with Crippen molar-refractivity contribution in [2.75, 3.05) is 46.4 Å². The predicted octanol–water partition coefficient (Wildman–Crippen LogP) is 1.69. The number of carbonyl (C=O) groups is 3. The third-order valence-electron chi connectivity index (χ3n) is 6.70. The van der Waals surface area contributed by atoms with Crippen molar-refractivity contribution in [1.29, 1.82) is 0 Å². The minimum Gasteiger partial charge on any atom is -0.469 e. The lowest BCUT2D eigenvalue weighted by Gasteiger charge is -2.69. The molecule has 2 heterocycles. The summed E-state index contributed by atoms with van der Waals surface area (Å²) >= 11 is 0. The number of piperazine rings is 1. The maximum absolute atomic E-state index is 12.8. The summed E-state index contributed by atoms with van der Waals surface area (Å²) in [5.41, 5.74) is -0.180. The first-order valence-electron chi connectivity index (χ1n) is 9.98. The maximum Gasteiger partial charge on any atom is 0.409 e. The molecule has 8 nitrogen and oxygen atoms in total. The van der Waals surface area contributed by atoms with Crippen molar-refractivity contribution in [1.82, 2.24) is 14.7 Å². The molecule has 5 fully saturated rings. The smallest absolute Gasteiger partial charge is 0.409 e. The fraction of sp³-hybridized carbons (Fsp3) is 0.842. The Labute approximate surface area is 159 Å². The Morgan fingerprint density at radius 2 is 1.93 bits per heavy atom. The highest BCUT2D eigenvalue weighted by molar-refractivity contribution is 5.82. The molecule has 27 heavy (non-hydrogen) atoms. The van der Waals surface area contributed by atoms with Gasteiger partial charge in [0.05, 0.1) is 25.2 Å². The van der Waals surface area contributed by atoms with Crippen molar-refractivity contribution < 1.29 is 23.9 Å². The molecule has 0 aromatic carbocycles. The Morgan fingerprint density at radius 3 is 2.59 bits per heavy atom. The van der Waals surface area contributed by atoms with Gasteiger partial charge in [0, 0.05) is 32.7 Å². The van der Waals surface area contributed by atoms with Gasteiger partial charge in [0.1, 0.15) is 0 Å². The van der Waals surface area contributed by atoms with Crippen LogP contribution in [0, 0.1) is 10.8 Å². The van der Waals surface area contributed by atoms with E-state index in [2.05, 4.69) is 6.92 Å². The molecule has 8 heteroatoms. The zero-order valence-corrected chi connectivity index (χ0v) is 16.2. The minimum absolute atomic E-state index is 0.0342. The lowest BCUT2D eigenvalue weighted by atomic mass is 9.35. The lowest BCUT2D eigenvalue weighted by molar-refractivity contribution is -0.228. The van der Waals surface area contributed by atoms with Crippen molar-refractivity contribution in [3.63, 3.8) is 0 Å². The Balaban J connectivity index is 1.29. The number of amides is 3. The number of nitrogens with zero attached hydrogens (tertiary/aromatic N) is 3. The Morgan fingerprint density at radius 1 is 1.19 bits per heavy atom. The number of urea groups is 1. The zero-order valence-electron chi connectivity index (χ0n) is 16.2. The van der Waals surface area contributed by atoms with Gasteiger partial charge in [-0.2, -0.15) is 0 Å². The number of rotatable bonds is 6. The summed E-state index contributed by atoms with van der Waals surface area (Å²) in [6.45, 7) is 5.48. The highest BCUT2D eigenvalue weighted by atomic mass is 16.6. The van der Waals surface area contributed by atoms with Crippen molar-refractivity contribution >= 4 is 18.1 Å².